The highest BCUT2D eigenvalue weighted by molar-refractivity contribution is 5.60. The van der Waals surface area contributed by atoms with E-state index in [9.17, 15) is 0 Å². The van der Waals surface area contributed by atoms with Gasteiger partial charge in [0.15, 0.2) is 0 Å². The van der Waals surface area contributed by atoms with Crippen molar-refractivity contribution in [2.75, 3.05) is 17.2 Å². The van der Waals surface area contributed by atoms with Gasteiger partial charge in [0.2, 0.25) is 0 Å². The summed E-state index contributed by atoms with van der Waals surface area (Å²) in [5.74, 6) is 0. The number of nitrogens with two attached hydrogens (primary N) is 1. The van der Waals surface area contributed by atoms with Crippen molar-refractivity contribution in [1.82, 2.24) is 0 Å². The molecule has 1 saturated carbocycles. The number of hydrogen-bond donors (Lipinski definition) is 1. The van der Waals surface area contributed by atoms with Crippen molar-refractivity contribution >= 4 is 11.4 Å². The Morgan fingerprint density at radius 1 is 1.24 bits per heavy atom. The lowest BCUT2D eigenvalue weighted by Gasteiger charge is -2.35. The Morgan fingerprint density at radius 3 is 2.53 bits per heavy atom. The summed E-state index contributed by atoms with van der Waals surface area (Å²) in [6.45, 7) is 5.38. The number of rotatable bonds is 3. The van der Waals surface area contributed by atoms with Crippen LogP contribution in [0.5, 0.6) is 0 Å². The second-order valence-electron chi connectivity index (χ2n) is 5.12. The molecule has 0 amide bonds. The summed E-state index contributed by atoms with van der Waals surface area (Å²) < 4.78 is 0. The molecule has 1 aliphatic carbocycles. The highest BCUT2D eigenvalue weighted by Crippen LogP contribution is 2.29. The van der Waals surface area contributed by atoms with Gasteiger partial charge in [0.1, 0.15) is 0 Å². The maximum atomic E-state index is 6.02. The minimum Gasteiger partial charge on any atom is -0.398 e. The molecule has 1 aromatic rings. The van der Waals surface area contributed by atoms with Crippen LogP contribution in [0.25, 0.3) is 0 Å². The topological polar surface area (TPSA) is 29.3 Å². The molecule has 94 valence electrons. The molecule has 0 spiro atoms. The summed E-state index contributed by atoms with van der Waals surface area (Å²) in [5, 5.41) is 0. The summed E-state index contributed by atoms with van der Waals surface area (Å²) in [6, 6.07) is 7.20. The zero-order chi connectivity index (χ0) is 12.3. The first-order valence-corrected chi connectivity index (χ1v) is 6.85. The van der Waals surface area contributed by atoms with Crippen molar-refractivity contribution in [2.45, 2.75) is 52.0 Å². The summed E-state index contributed by atoms with van der Waals surface area (Å²) in [6.07, 6.45) is 6.83. The molecule has 0 saturated heterocycles. The standard InChI is InChI=1S/C15H24N2/c1-3-17(13-7-5-4-6-8-13)14-10-9-12(2)15(16)11-14/h9-11,13H,3-8,16H2,1-2H3. The third-order valence-electron chi connectivity index (χ3n) is 3.95. The van der Waals surface area contributed by atoms with E-state index in [-0.39, 0.29) is 0 Å². The molecule has 1 aliphatic rings. The Balaban J connectivity index is 2.18. The fraction of sp³-hybridized carbons (Fsp3) is 0.600. The van der Waals surface area contributed by atoms with Crippen LogP contribution in [0.3, 0.4) is 0 Å². The van der Waals surface area contributed by atoms with Crippen molar-refractivity contribution in [3.8, 4) is 0 Å². The average molecular weight is 232 g/mol. The molecule has 0 aromatic heterocycles. The van der Waals surface area contributed by atoms with Crippen LogP contribution >= 0.6 is 0 Å². The predicted molar refractivity (Wildman–Crippen MR) is 75.5 cm³/mol. The van der Waals surface area contributed by atoms with Gasteiger partial charge in [0.05, 0.1) is 0 Å². The Bertz CT molecular complexity index is 367. The predicted octanol–water partition coefficient (Wildman–Crippen LogP) is 3.74. The van der Waals surface area contributed by atoms with Crippen LogP contribution in [0.4, 0.5) is 11.4 Å². The number of nitrogens with zero attached hydrogens (tertiary/aromatic N) is 1. The molecule has 2 nitrogen and oxygen atoms in total. The highest BCUT2D eigenvalue weighted by Gasteiger charge is 2.20. The first kappa shape index (κ1) is 12.3. The van der Waals surface area contributed by atoms with Gasteiger partial charge in [-0.05, 0) is 44.4 Å². The lowest BCUT2D eigenvalue weighted by molar-refractivity contribution is 0.418. The Kier molecular flexibility index (Phi) is 3.93. The van der Waals surface area contributed by atoms with Crippen molar-refractivity contribution in [3.05, 3.63) is 23.8 Å². The monoisotopic (exact) mass is 232 g/mol. The Hall–Kier alpha value is -1.18. The second kappa shape index (κ2) is 5.44. The van der Waals surface area contributed by atoms with Gasteiger partial charge in [-0.2, -0.15) is 0 Å². The Morgan fingerprint density at radius 2 is 1.94 bits per heavy atom. The van der Waals surface area contributed by atoms with Gasteiger partial charge in [-0.1, -0.05) is 25.3 Å². The Labute approximate surface area is 105 Å². The highest BCUT2D eigenvalue weighted by atomic mass is 15.2. The van der Waals surface area contributed by atoms with Crippen LogP contribution in [-0.2, 0) is 0 Å². The summed E-state index contributed by atoms with van der Waals surface area (Å²) in [5.41, 5.74) is 9.40. The van der Waals surface area contributed by atoms with E-state index in [0.29, 0.717) is 0 Å². The zero-order valence-electron chi connectivity index (χ0n) is 11.1. The number of nitrogen functional groups attached to an aromatic ring is 1. The van der Waals surface area contributed by atoms with Crippen LogP contribution in [0.1, 0.15) is 44.6 Å². The van der Waals surface area contributed by atoms with Gasteiger partial charge < -0.3 is 10.6 Å². The molecule has 0 radical (unpaired) electrons. The van der Waals surface area contributed by atoms with Crippen LogP contribution < -0.4 is 10.6 Å². The van der Waals surface area contributed by atoms with Gasteiger partial charge in [-0.3, -0.25) is 0 Å². The smallest absolute Gasteiger partial charge is 0.0389 e. The molecule has 17 heavy (non-hydrogen) atoms. The van der Waals surface area contributed by atoms with Crippen LogP contribution in [0.15, 0.2) is 18.2 Å². The maximum absolute atomic E-state index is 6.02. The molecule has 2 heteroatoms. The normalized spacial score (nSPS) is 17.1. The molecule has 0 bridgehead atoms. The van der Waals surface area contributed by atoms with Crippen LogP contribution in [-0.4, -0.2) is 12.6 Å². The average Bonchev–Trinajstić information content (AvgIpc) is 2.36. The fourth-order valence-electron chi connectivity index (χ4n) is 2.85. The van der Waals surface area contributed by atoms with Crippen molar-refractivity contribution in [2.24, 2.45) is 0 Å². The summed E-state index contributed by atoms with van der Waals surface area (Å²) in [4.78, 5) is 2.52. The quantitative estimate of drug-likeness (QED) is 0.804. The summed E-state index contributed by atoms with van der Waals surface area (Å²) >= 11 is 0. The maximum Gasteiger partial charge on any atom is 0.0389 e. The number of anilines is 2. The molecule has 1 fully saturated rings. The molecule has 0 aliphatic heterocycles. The van der Waals surface area contributed by atoms with Gasteiger partial charge in [-0.25, -0.2) is 0 Å². The number of benzene rings is 1. The molecule has 2 N–H and O–H groups in total. The first-order valence-electron chi connectivity index (χ1n) is 6.85. The molecule has 0 heterocycles. The molecule has 0 atom stereocenters. The third kappa shape index (κ3) is 2.74. The van der Waals surface area contributed by atoms with Crippen molar-refractivity contribution in [3.63, 3.8) is 0 Å². The molecular weight excluding hydrogens is 208 g/mol. The first-order chi connectivity index (χ1) is 8.22. The molecule has 1 aromatic carbocycles. The molecule has 2 rings (SSSR count). The minimum absolute atomic E-state index is 0.718. The third-order valence-corrected chi connectivity index (χ3v) is 3.95. The van der Waals surface area contributed by atoms with Gasteiger partial charge in [0, 0.05) is 24.0 Å². The molecule has 0 unspecified atom stereocenters. The minimum atomic E-state index is 0.718. The van der Waals surface area contributed by atoms with E-state index in [0.717, 1.165) is 18.3 Å². The lowest BCUT2D eigenvalue weighted by atomic mass is 9.93. The van der Waals surface area contributed by atoms with Gasteiger partial charge >= 0.3 is 0 Å². The van der Waals surface area contributed by atoms with E-state index in [1.807, 2.05) is 0 Å². The van der Waals surface area contributed by atoms with Crippen LogP contribution in [0.2, 0.25) is 0 Å². The number of aryl methyl sites for hydroxylation is 1. The second-order valence-corrected chi connectivity index (χ2v) is 5.12. The van der Waals surface area contributed by atoms with E-state index in [1.165, 1.54) is 43.4 Å². The van der Waals surface area contributed by atoms with E-state index < -0.39 is 0 Å². The van der Waals surface area contributed by atoms with E-state index >= 15 is 0 Å². The number of hydrogen-bond acceptors (Lipinski definition) is 2. The SMILES string of the molecule is CCN(c1ccc(C)c(N)c1)C1CCCCC1. The van der Waals surface area contributed by atoms with E-state index in [4.69, 9.17) is 5.73 Å². The zero-order valence-corrected chi connectivity index (χ0v) is 11.1. The molecular formula is C15H24N2. The van der Waals surface area contributed by atoms with E-state index in [1.54, 1.807) is 0 Å². The summed E-state index contributed by atoms with van der Waals surface area (Å²) in [7, 11) is 0. The van der Waals surface area contributed by atoms with E-state index in [2.05, 4.69) is 36.9 Å². The lowest BCUT2D eigenvalue weighted by Crippen LogP contribution is -2.36. The largest absolute Gasteiger partial charge is 0.398 e. The van der Waals surface area contributed by atoms with Gasteiger partial charge in [0.25, 0.3) is 0 Å². The van der Waals surface area contributed by atoms with Crippen molar-refractivity contribution in [1.29, 1.82) is 0 Å². The fourth-order valence-corrected chi connectivity index (χ4v) is 2.85. The van der Waals surface area contributed by atoms with Crippen LogP contribution in [0, 0.1) is 6.92 Å². The van der Waals surface area contributed by atoms with Gasteiger partial charge in [-0.15, -0.1) is 0 Å². The van der Waals surface area contributed by atoms with Crippen molar-refractivity contribution < 1.29 is 0 Å².